The second-order valence-electron chi connectivity index (χ2n) is 4.90. The summed E-state index contributed by atoms with van der Waals surface area (Å²) in [5, 5.41) is 3.38. The first-order chi connectivity index (χ1) is 8.72. The van der Waals surface area contributed by atoms with Gasteiger partial charge in [0.25, 0.3) is 0 Å². The summed E-state index contributed by atoms with van der Waals surface area (Å²) in [5.74, 6) is 1.22. The molecule has 3 heteroatoms. The summed E-state index contributed by atoms with van der Waals surface area (Å²) in [4.78, 5) is 0. The Hall–Kier alpha value is -1.61. The Balaban J connectivity index is 1.80. The molecule has 1 aliphatic carbocycles. The largest absolute Gasteiger partial charge is 0.460 e. The van der Waals surface area contributed by atoms with Gasteiger partial charge in [0.15, 0.2) is 0 Å². The number of hydrogen-bond acceptors (Lipinski definition) is 2. The molecule has 1 aromatic carbocycles. The van der Waals surface area contributed by atoms with Gasteiger partial charge in [-0.15, -0.1) is 0 Å². The zero-order valence-corrected chi connectivity index (χ0v) is 10.4. The van der Waals surface area contributed by atoms with E-state index in [9.17, 15) is 4.39 Å². The third-order valence-electron chi connectivity index (χ3n) is 3.19. The van der Waals surface area contributed by atoms with Gasteiger partial charge >= 0.3 is 0 Å². The molecule has 1 aromatic heterocycles. The third-order valence-corrected chi connectivity index (χ3v) is 3.19. The summed E-state index contributed by atoms with van der Waals surface area (Å²) in [6.07, 6.45) is 2.50. The smallest absolute Gasteiger partial charge is 0.137 e. The van der Waals surface area contributed by atoms with Crippen molar-refractivity contribution in [1.29, 1.82) is 0 Å². The van der Waals surface area contributed by atoms with Crippen LogP contribution in [0.5, 0.6) is 0 Å². The van der Waals surface area contributed by atoms with E-state index in [2.05, 4.69) is 5.32 Å². The first kappa shape index (κ1) is 11.5. The number of rotatable bonds is 4. The van der Waals surface area contributed by atoms with E-state index < -0.39 is 0 Å². The Morgan fingerprint density at radius 3 is 2.89 bits per heavy atom. The highest BCUT2D eigenvalue weighted by atomic mass is 19.1. The number of halogens is 1. The van der Waals surface area contributed by atoms with Crippen molar-refractivity contribution in [3.63, 3.8) is 0 Å². The Kier molecular flexibility index (Phi) is 2.92. The molecule has 0 amide bonds. The summed E-state index contributed by atoms with van der Waals surface area (Å²) in [7, 11) is 0. The van der Waals surface area contributed by atoms with E-state index in [1.54, 1.807) is 6.07 Å². The van der Waals surface area contributed by atoms with E-state index in [1.807, 2.05) is 25.1 Å². The molecular weight excluding hydrogens is 229 g/mol. The molecule has 18 heavy (non-hydrogen) atoms. The molecule has 0 bridgehead atoms. The monoisotopic (exact) mass is 245 g/mol. The fraction of sp³-hybridized carbons (Fsp3) is 0.333. The molecule has 2 nitrogen and oxygen atoms in total. The van der Waals surface area contributed by atoms with E-state index in [0.29, 0.717) is 17.4 Å². The number of benzene rings is 1. The van der Waals surface area contributed by atoms with Crippen LogP contribution in [-0.4, -0.2) is 6.04 Å². The maximum Gasteiger partial charge on any atom is 0.137 e. The molecule has 0 saturated heterocycles. The normalized spacial score (nSPS) is 15.0. The molecule has 94 valence electrons. The van der Waals surface area contributed by atoms with Gasteiger partial charge in [0.1, 0.15) is 17.3 Å². The average molecular weight is 245 g/mol. The van der Waals surface area contributed by atoms with Gasteiger partial charge in [-0.05, 0) is 44.0 Å². The van der Waals surface area contributed by atoms with Crippen LogP contribution in [0.1, 0.15) is 24.2 Å². The van der Waals surface area contributed by atoms with Crippen LogP contribution in [0.2, 0.25) is 0 Å². The number of nitrogens with one attached hydrogen (secondary N) is 1. The second kappa shape index (κ2) is 4.58. The molecule has 0 atom stereocenters. The van der Waals surface area contributed by atoms with Crippen molar-refractivity contribution in [2.45, 2.75) is 32.4 Å². The Bertz CT molecular complexity index is 557. The van der Waals surface area contributed by atoms with Gasteiger partial charge in [-0.3, -0.25) is 0 Å². The summed E-state index contributed by atoms with van der Waals surface area (Å²) in [6, 6.07) is 9.45. The Labute approximate surface area is 106 Å². The van der Waals surface area contributed by atoms with Crippen LogP contribution in [0.25, 0.3) is 11.3 Å². The summed E-state index contributed by atoms with van der Waals surface area (Å²) in [5.41, 5.74) is 1.56. The molecule has 3 rings (SSSR count). The molecule has 0 spiro atoms. The SMILES string of the molecule is Cc1ccc(F)c(-c2ccc(CNC3CC3)o2)c1. The highest BCUT2D eigenvalue weighted by Crippen LogP contribution is 2.26. The first-order valence-electron chi connectivity index (χ1n) is 6.31. The molecule has 0 radical (unpaired) electrons. The fourth-order valence-electron chi connectivity index (χ4n) is 1.98. The van der Waals surface area contributed by atoms with Crippen LogP contribution >= 0.6 is 0 Å². The van der Waals surface area contributed by atoms with E-state index in [-0.39, 0.29) is 5.82 Å². The van der Waals surface area contributed by atoms with Crippen molar-refractivity contribution in [3.8, 4) is 11.3 Å². The number of furan rings is 1. The van der Waals surface area contributed by atoms with Crippen LogP contribution < -0.4 is 5.32 Å². The van der Waals surface area contributed by atoms with Crippen LogP contribution in [0.3, 0.4) is 0 Å². The van der Waals surface area contributed by atoms with Crippen LogP contribution in [0.4, 0.5) is 4.39 Å². The van der Waals surface area contributed by atoms with Crippen LogP contribution in [-0.2, 0) is 6.54 Å². The minimum absolute atomic E-state index is 0.239. The zero-order chi connectivity index (χ0) is 12.5. The minimum Gasteiger partial charge on any atom is -0.460 e. The lowest BCUT2D eigenvalue weighted by Gasteiger charge is -2.02. The third kappa shape index (κ3) is 2.46. The van der Waals surface area contributed by atoms with Crippen molar-refractivity contribution in [2.24, 2.45) is 0 Å². The molecule has 1 saturated carbocycles. The zero-order valence-electron chi connectivity index (χ0n) is 10.4. The molecule has 1 heterocycles. The van der Waals surface area contributed by atoms with Crippen molar-refractivity contribution in [3.05, 3.63) is 47.5 Å². The van der Waals surface area contributed by atoms with E-state index in [0.717, 1.165) is 17.9 Å². The lowest BCUT2D eigenvalue weighted by atomic mass is 10.1. The van der Waals surface area contributed by atoms with E-state index in [1.165, 1.54) is 18.9 Å². The summed E-state index contributed by atoms with van der Waals surface area (Å²) in [6.45, 7) is 2.67. The van der Waals surface area contributed by atoms with Crippen LogP contribution in [0, 0.1) is 12.7 Å². The summed E-state index contributed by atoms with van der Waals surface area (Å²) >= 11 is 0. The molecule has 0 aliphatic heterocycles. The van der Waals surface area contributed by atoms with Gasteiger partial charge in [-0.1, -0.05) is 11.6 Å². The summed E-state index contributed by atoms with van der Waals surface area (Å²) < 4.78 is 19.4. The molecule has 1 fully saturated rings. The Morgan fingerprint density at radius 2 is 2.11 bits per heavy atom. The topological polar surface area (TPSA) is 25.2 Å². The predicted molar refractivity (Wildman–Crippen MR) is 68.7 cm³/mol. The van der Waals surface area contributed by atoms with Gasteiger partial charge in [0.05, 0.1) is 12.1 Å². The number of hydrogen-bond donors (Lipinski definition) is 1. The van der Waals surface area contributed by atoms with Gasteiger partial charge < -0.3 is 9.73 Å². The quantitative estimate of drug-likeness (QED) is 0.889. The van der Waals surface area contributed by atoms with Gasteiger partial charge in [-0.25, -0.2) is 4.39 Å². The van der Waals surface area contributed by atoms with Gasteiger partial charge in [0, 0.05) is 6.04 Å². The van der Waals surface area contributed by atoms with Crippen molar-refractivity contribution < 1.29 is 8.81 Å². The minimum atomic E-state index is -0.239. The van der Waals surface area contributed by atoms with Crippen molar-refractivity contribution in [2.75, 3.05) is 0 Å². The number of aryl methyl sites for hydroxylation is 1. The average Bonchev–Trinajstić information content (AvgIpc) is 3.08. The maximum absolute atomic E-state index is 13.7. The highest BCUT2D eigenvalue weighted by molar-refractivity contribution is 5.59. The highest BCUT2D eigenvalue weighted by Gasteiger charge is 2.20. The molecular formula is C15H16FNO. The lowest BCUT2D eigenvalue weighted by Crippen LogP contribution is -2.14. The van der Waals surface area contributed by atoms with E-state index in [4.69, 9.17) is 4.42 Å². The van der Waals surface area contributed by atoms with Crippen LogP contribution in [0.15, 0.2) is 34.7 Å². The Morgan fingerprint density at radius 1 is 1.28 bits per heavy atom. The van der Waals surface area contributed by atoms with E-state index >= 15 is 0 Å². The molecule has 2 aromatic rings. The van der Waals surface area contributed by atoms with Gasteiger partial charge in [0.2, 0.25) is 0 Å². The first-order valence-corrected chi connectivity index (χ1v) is 6.31. The maximum atomic E-state index is 13.7. The van der Waals surface area contributed by atoms with Gasteiger partial charge in [-0.2, -0.15) is 0 Å². The second-order valence-corrected chi connectivity index (χ2v) is 4.90. The lowest BCUT2D eigenvalue weighted by molar-refractivity contribution is 0.489. The van der Waals surface area contributed by atoms with Crippen molar-refractivity contribution in [1.82, 2.24) is 5.32 Å². The predicted octanol–water partition coefficient (Wildman–Crippen LogP) is 3.65. The molecule has 0 unspecified atom stereocenters. The fourth-order valence-corrected chi connectivity index (χ4v) is 1.98. The standard InChI is InChI=1S/C15H16FNO/c1-10-2-6-14(16)13(8-10)15-7-5-12(18-15)9-17-11-3-4-11/h2,5-8,11,17H,3-4,9H2,1H3. The van der Waals surface area contributed by atoms with Crippen molar-refractivity contribution >= 4 is 0 Å². The molecule has 1 N–H and O–H groups in total. The molecule has 1 aliphatic rings.